The summed E-state index contributed by atoms with van der Waals surface area (Å²) < 4.78 is 13.8. The predicted octanol–water partition coefficient (Wildman–Crippen LogP) is 4.45. The molecule has 0 fully saturated rings. The molecule has 120 valence electrons. The van der Waals surface area contributed by atoms with Gasteiger partial charge in [0.15, 0.2) is 11.0 Å². The van der Waals surface area contributed by atoms with Gasteiger partial charge in [-0.05, 0) is 31.2 Å². The normalized spacial score (nSPS) is 11.0. The van der Waals surface area contributed by atoms with E-state index >= 15 is 0 Å². The van der Waals surface area contributed by atoms with Gasteiger partial charge in [-0.15, -0.1) is 10.2 Å². The first kappa shape index (κ1) is 16.1. The summed E-state index contributed by atoms with van der Waals surface area (Å²) >= 11 is 5.12. The van der Waals surface area contributed by atoms with Gasteiger partial charge in [0, 0.05) is 22.8 Å². The van der Waals surface area contributed by atoms with Crippen LogP contribution in [0.15, 0.2) is 44.6 Å². The molecule has 0 bridgehead atoms. The Morgan fingerprint density at radius 3 is 2.83 bits per heavy atom. The van der Waals surface area contributed by atoms with Crippen molar-refractivity contribution in [2.24, 2.45) is 7.05 Å². The SMILES string of the molecule is COc1ccc(Br)cc1CSc1nnc(-c2ccoc2C)n1C. The molecule has 0 radical (unpaired) electrons. The van der Waals surface area contributed by atoms with Crippen molar-refractivity contribution < 1.29 is 9.15 Å². The number of thioether (sulfide) groups is 1. The van der Waals surface area contributed by atoms with Crippen LogP contribution >= 0.6 is 27.7 Å². The van der Waals surface area contributed by atoms with Crippen LogP contribution in [0.2, 0.25) is 0 Å². The van der Waals surface area contributed by atoms with Gasteiger partial charge in [-0.3, -0.25) is 0 Å². The van der Waals surface area contributed by atoms with Crippen LogP contribution in [0.4, 0.5) is 0 Å². The maximum Gasteiger partial charge on any atom is 0.191 e. The molecule has 0 spiro atoms. The fraction of sp³-hybridized carbons (Fsp3) is 0.250. The van der Waals surface area contributed by atoms with E-state index in [1.54, 1.807) is 25.1 Å². The first-order valence-electron chi connectivity index (χ1n) is 6.99. The zero-order valence-electron chi connectivity index (χ0n) is 13.0. The summed E-state index contributed by atoms with van der Waals surface area (Å²) in [6, 6.07) is 7.89. The van der Waals surface area contributed by atoms with Crippen LogP contribution in [0.5, 0.6) is 5.75 Å². The summed E-state index contributed by atoms with van der Waals surface area (Å²) in [5.41, 5.74) is 2.07. The van der Waals surface area contributed by atoms with Crippen molar-refractivity contribution in [1.82, 2.24) is 14.8 Å². The molecule has 0 aliphatic heterocycles. The monoisotopic (exact) mass is 393 g/mol. The first-order valence-corrected chi connectivity index (χ1v) is 8.77. The Labute approximate surface area is 147 Å². The van der Waals surface area contributed by atoms with E-state index < -0.39 is 0 Å². The Balaban J connectivity index is 1.81. The molecule has 0 saturated heterocycles. The van der Waals surface area contributed by atoms with Gasteiger partial charge < -0.3 is 13.7 Å². The van der Waals surface area contributed by atoms with E-state index in [1.165, 1.54) is 0 Å². The van der Waals surface area contributed by atoms with Gasteiger partial charge in [0.2, 0.25) is 0 Å². The number of methoxy groups -OCH3 is 1. The van der Waals surface area contributed by atoms with Crippen LogP contribution < -0.4 is 4.74 Å². The predicted molar refractivity (Wildman–Crippen MR) is 93.7 cm³/mol. The Morgan fingerprint density at radius 1 is 1.30 bits per heavy atom. The van der Waals surface area contributed by atoms with Gasteiger partial charge in [0.1, 0.15) is 11.5 Å². The van der Waals surface area contributed by atoms with Crippen LogP contribution in [-0.2, 0) is 12.8 Å². The number of hydrogen-bond donors (Lipinski definition) is 0. The molecule has 5 nitrogen and oxygen atoms in total. The highest BCUT2D eigenvalue weighted by molar-refractivity contribution is 9.10. The average Bonchev–Trinajstić information content (AvgIpc) is 3.11. The lowest BCUT2D eigenvalue weighted by molar-refractivity contribution is 0.411. The maximum atomic E-state index is 5.41. The molecule has 1 aromatic carbocycles. The van der Waals surface area contributed by atoms with Crippen molar-refractivity contribution in [3.05, 3.63) is 46.3 Å². The van der Waals surface area contributed by atoms with E-state index in [1.807, 2.05) is 36.7 Å². The van der Waals surface area contributed by atoms with Crippen LogP contribution in [-0.4, -0.2) is 21.9 Å². The molecular formula is C16H16BrN3O2S. The molecule has 0 saturated carbocycles. The summed E-state index contributed by atoms with van der Waals surface area (Å²) in [4.78, 5) is 0. The molecule has 3 aromatic rings. The van der Waals surface area contributed by atoms with E-state index in [2.05, 4.69) is 32.2 Å². The Kier molecular flexibility index (Phi) is 4.77. The van der Waals surface area contributed by atoms with E-state index in [4.69, 9.17) is 9.15 Å². The van der Waals surface area contributed by atoms with Gasteiger partial charge in [0.25, 0.3) is 0 Å². The van der Waals surface area contributed by atoms with E-state index in [0.29, 0.717) is 0 Å². The molecular weight excluding hydrogens is 378 g/mol. The highest BCUT2D eigenvalue weighted by Gasteiger charge is 2.15. The summed E-state index contributed by atoms with van der Waals surface area (Å²) in [6.07, 6.45) is 1.67. The topological polar surface area (TPSA) is 53.1 Å². The number of furan rings is 1. The molecule has 0 aliphatic carbocycles. The summed E-state index contributed by atoms with van der Waals surface area (Å²) in [5, 5.41) is 9.42. The smallest absolute Gasteiger partial charge is 0.191 e. The third kappa shape index (κ3) is 3.30. The Bertz CT molecular complexity index is 829. The highest BCUT2D eigenvalue weighted by atomic mass is 79.9. The van der Waals surface area contributed by atoms with Crippen molar-refractivity contribution in [2.75, 3.05) is 7.11 Å². The minimum atomic E-state index is 0.749. The van der Waals surface area contributed by atoms with Crippen molar-refractivity contribution in [1.29, 1.82) is 0 Å². The molecule has 0 amide bonds. The van der Waals surface area contributed by atoms with Crippen LogP contribution in [0.25, 0.3) is 11.4 Å². The molecule has 3 rings (SSSR count). The Hall–Kier alpha value is -1.73. The number of benzene rings is 1. The number of hydrogen-bond acceptors (Lipinski definition) is 5. The number of aromatic nitrogens is 3. The quantitative estimate of drug-likeness (QED) is 0.599. The second-order valence-electron chi connectivity index (χ2n) is 5.00. The second kappa shape index (κ2) is 6.80. The second-order valence-corrected chi connectivity index (χ2v) is 6.86. The lowest BCUT2D eigenvalue weighted by Crippen LogP contribution is -1.96. The highest BCUT2D eigenvalue weighted by Crippen LogP contribution is 2.31. The number of rotatable bonds is 5. The molecule has 0 unspecified atom stereocenters. The minimum Gasteiger partial charge on any atom is -0.496 e. The lowest BCUT2D eigenvalue weighted by Gasteiger charge is -2.08. The number of halogens is 1. The van der Waals surface area contributed by atoms with Gasteiger partial charge in [-0.1, -0.05) is 27.7 Å². The van der Waals surface area contributed by atoms with Crippen LogP contribution in [0.3, 0.4) is 0 Å². The fourth-order valence-corrected chi connectivity index (χ4v) is 3.59. The van der Waals surface area contributed by atoms with Gasteiger partial charge in [-0.25, -0.2) is 0 Å². The van der Waals surface area contributed by atoms with Crippen molar-refractivity contribution >= 4 is 27.7 Å². The molecule has 0 aliphatic rings. The van der Waals surface area contributed by atoms with Crippen molar-refractivity contribution in [3.8, 4) is 17.1 Å². The fourth-order valence-electron chi connectivity index (χ4n) is 2.29. The molecule has 0 N–H and O–H groups in total. The summed E-state index contributed by atoms with van der Waals surface area (Å²) in [7, 11) is 3.64. The Morgan fingerprint density at radius 2 is 2.13 bits per heavy atom. The van der Waals surface area contributed by atoms with E-state index in [9.17, 15) is 0 Å². The number of ether oxygens (including phenoxy) is 1. The van der Waals surface area contributed by atoms with E-state index in [0.717, 1.165) is 43.8 Å². The van der Waals surface area contributed by atoms with Crippen molar-refractivity contribution in [2.45, 2.75) is 17.8 Å². The molecule has 23 heavy (non-hydrogen) atoms. The minimum absolute atomic E-state index is 0.749. The molecule has 0 atom stereocenters. The van der Waals surface area contributed by atoms with Gasteiger partial charge in [0.05, 0.1) is 18.9 Å². The summed E-state index contributed by atoms with van der Waals surface area (Å²) in [6.45, 7) is 1.92. The third-order valence-electron chi connectivity index (χ3n) is 3.53. The summed E-state index contributed by atoms with van der Waals surface area (Å²) in [5.74, 6) is 3.26. The zero-order valence-corrected chi connectivity index (χ0v) is 15.4. The maximum absolute atomic E-state index is 5.41. The molecule has 2 heterocycles. The molecule has 7 heteroatoms. The van der Waals surface area contributed by atoms with Gasteiger partial charge in [-0.2, -0.15) is 0 Å². The molecule has 2 aromatic heterocycles. The number of nitrogens with zero attached hydrogens (tertiary/aromatic N) is 3. The largest absolute Gasteiger partial charge is 0.496 e. The lowest BCUT2D eigenvalue weighted by atomic mass is 10.2. The zero-order chi connectivity index (χ0) is 16.4. The number of aryl methyl sites for hydroxylation is 1. The van der Waals surface area contributed by atoms with E-state index in [-0.39, 0.29) is 0 Å². The van der Waals surface area contributed by atoms with Gasteiger partial charge >= 0.3 is 0 Å². The van der Waals surface area contributed by atoms with Crippen LogP contribution in [0.1, 0.15) is 11.3 Å². The first-order chi connectivity index (χ1) is 11.1. The average molecular weight is 394 g/mol. The van der Waals surface area contributed by atoms with Crippen molar-refractivity contribution in [3.63, 3.8) is 0 Å². The third-order valence-corrected chi connectivity index (χ3v) is 5.10. The standard InChI is InChI=1S/C16H16BrN3O2S/c1-10-13(6-7-22-10)15-18-19-16(20(15)2)23-9-11-8-12(17)4-5-14(11)21-3/h4-8H,9H2,1-3H3. The van der Waals surface area contributed by atoms with Crippen LogP contribution in [0, 0.1) is 6.92 Å².